The second-order valence-corrected chi connectivity index (χ2v) is 7.31. The standard InChI is InChI=1S/C11H15BrN2O2S/c1-14(7-8-2-3-8)17(15,16)9-4-5-10(12)11(13)6-9/h4-6,8H,2-3,7,13H2,1H3. The van der Waals surface area contributed by atoms with E-state index in [0.717, 1.165) is 12.8 Å². The molecular formula is C11H15BrN2O2S. The zero-order chi connectivity index (χ0) is 12.6. The molecular weight excluding hydrogens is 304 g/mol. The molecule has 0 atom stereocenters. The minimum atomic E-state index is -3.40. The fourth-order valence-electron chi connectivity index (χ4n) is 1.62. The number of benzene rings is 1. The Morgan fingerprint density at radius 1 is 1.47 bits per heavy atom. The van der Waals surface area contributed by atoms with Crippen LogP contribution in [0.2, 0.25) is 0 Å². The lowest BCUT2D eigenvalue weighted by Gasteiger charge is -2.17. The molecule has 1 aromatic rings. The summed E-state index contributed by atoms with van der Waals surface area (Å²) in [6, 6.07) is 4.72. The minimum absolute atomic E-state index is 0.251. The summed E-state index contributed by atoms with van der Waals surface area (Å²) in [6.45, 7) is 0.596. The van der Waals surface area contributed by atoms with Gasteiger partial charge in [0.2, 0.25) is 10.0 Å². The predicted molar refractivity (Wildman–Crippen MR) is 71.1 cm³/mol. The van der Waals surface area contributed by atoms with Crippen molar-refractivity contribution in [1.82, 2.24) is 4.31 Å². The topological polar surface area (TPSA) is 63.4 Å². The molecule has 1 aliphatic carbocycles. The summed E-state index contributed by atoms with van der Waals surface area (Å²) in [4.78, 5) is 0.251. The largest absolute Gasteiger partial charge is 0.398 e. The molecule has 17 heavy (non-hydrogen) atoms. The highest BCUT2D eigenvalue weighted by Crippen LogP contribution is 2.31. The van der Waals surface area contributed by atoms with E-state index in [1.165, 1.54) is 10.4 Å². The van der Waals surface area contributed by atoms with Crippen molar-refractivity contribution in [2.24, 2.45) is 5.92 Å². The summed E-state index contributed by atoms with van der Waals surface area (Å²) in [6.07, 6.45) is 2.25. The van der Waals surface area contributed by atoms with Gasteiger partial charge in [-0.25, -0.2) is 12.7 Å². The molecule has 4 nitrogen and oxygen atoms in total. The van der Waals surface area contributed by atoms with Gasteiger partial charge >= 0.3 is 0 Å². The number of hydrogen-bond donors (Lipinski definition) is 1. The van der Waals surface area contributed by atoms with E-state index in [1.54, 1.807) is 19.2 Å². The molecule has 0 unspecified atom stereocenters. The molecule has 0 radical (unpaired) electrons. The van der Waals surface area contributed by atoms with E-state index in [9.17, 15) is 8.42 Å². The fourth-order valence-corrected chi connectivity index (χ4v) is 3.15. The zero-order valence-electron chi connectivity index (χ0n) is 9.56. The molecule has 0 bridgehead atoms. The van der Waals surface area contributed by atoms with Crippen molar-refractivity contribution in [2.75, 3.05) is 19.3 Å². The number of sulfonamides is 1. The number of halogens is 1. The molecule has 0 heterocycles. The third-order valence-electron chi connectivity index (χ3n) is 2.89. The van der Waals surface area contributed by atoms with Gasteiger partial charge in [0.05, 0.1) is 4.90 Å². The van der Waals surface area contributed by atoms with Crippen molar-refractivity contribution in [3.8, 4) is 0 Å². The van der Waals surface area contributed by atoms with Crippen LogP contribution in [0.1, 0.15) is 12.8 Å². The molecule has 0 spiro atoms. The molecule has 2 N–H and O–H groups in total. The number of rotatable bonds is 4. The Morgan fingerprint density at radius 2 is 2.12 bits per heavy atom. The van der Waals surface area contributed by atoms with Crippen LogP contribution in [0.15, 0.2) is 27.6 Å². The van der Waals surface area contributed by atoms with Crippen LogP contribution in [-0.4, -0.2) is 26.3 Å². The van der Waals surface area contributed by atoms with Crippen LogP contribution in [0.25, 0.3) is 0 Å². The molecule has 2 rings (SSSR count). The number of hydrogen-bond acceptors (Lipinski definition) is 3. The maximum atomic E-state index is 12.2. The first-order chi connectivity index (χ1) is 7.91. The van der Waals surface area contributed by atoms with Gasteiger partial charge in [0, 0.05) is 23.8 Å². The molecule has 0 aliphatic heterocycles. The molecule has 1 aromatic carbocycles. The van der Waals surface area contributed by atoms with E-state index < -0.39 is 10.0 Å². The maximum absolute atomic E-state index is 12.2. The maximum Gasteiger partial charge on any atom is 0.242 e. The highest BCUT2D eigenvalue weighted by atomic mass is 79.9. The van der Waals surface area contributed by atoms with Crippen LogP contribution in [0, 0.1) is 5.92 Å². The summed E-state index contributed by atoms with van der Waals surface area (Å²) >= 11 is 3.25. The highest BCUT2D eigenvalue weighted by Gasteiger charge is 2.29. The van der Waals surface area contributed by atoms with Gasteiger partial charge in [0.1, 0.15) is 0 Å². The average Bonchev–Trinajstić information content (AvgIpc) is 3.05. The van der Waals surface area contributed by atoms with E-state index >= 15 is 0 Å². The van der Waals surface area contributed by atoms with Gasteiger partial charge in [-0.3, -0.25) is 0 Å². The Bertz CT molecular complexity index is 526. The second-order valence-electron chi connectivity index (χ2n) is 4.41. The smallest absolute Gasteiger partial charge is 0.242 e. The molecule has 0 aromatic heterocycles. The molecule has 0 amide bonds. The molecule has 6 heteroatoms. The SMILES string of the molecule is CN(CC1CC1)S(=O)(=O)c1ccc(Br)c(N)c1. The summed E-state index contributed by atoms with van der Waals surface area (Å²) in [5.41, 5.74) is 6.14. The van der Waals surface area contributed by atoms with Gasteiger partial charge in [0.25, 0.3) is 0 Å². The van der Waals surface area contributed by atoms with Crippen LogP contribution in [0.5, 0.6) is 0 Å². The predicted octanol–water partition coefficient (Wildman–Crippen LogP) is 2.06. The lowest BCUT2D eigenvalue weighted by molar-refractivity contribution is 0.453. The number of nitrogen functional groups attached to an aromatic ring is 1. The van der Waals surface area contributed by atoms with Gasteiger partial charge in [-0.1, -0.05) is 0 Å². The number of nitrogens with two attached hydrogens (primary N) is 1. The number of nitrogens with zero attached hydrogens (tertiary/aromatic N) is 1. The molecule has 0 saturated heterocycles. The number of anilines is 1. The second kappa shape index (κ2) is 4.59. The van der Waals surface area contributed by atoms with Crippen molar-refractivity contribution in [2.45, 2.75) is 17.7 Å². The summed E-state index contributed by atoms with van der Waals surface area (Å²) in [5.74, 6) is 0.530. The Morgan fingerprint density at radius 3 is 2.65 bits per heavy atom. The van der Waals surface area contributed by atoms with Crippen LogP contribution < -0.4 is 5.73 Å². The third-order valence-corrected chi connectivity index (χ3v) is 5.43. The van der Waals surface area contributed by atoms with Crippen LogP contribution in [0.3, 0.4) is 0 Å². The van der Waals surface area contributed by atoms with Crippen LogP contribution >= 0.6 is 15.9 Å². The Labute approximate surface area is 110 Å². The van der Waals surface area contributed by atoms with E-state index in [0.29, 0.717) is 22.6 Å². The quantitative estimate of drug-likeness (QED) is 0.864. The van der Waals surface area contributed by atoms with Gasteiger partial charge < -0.3 is 5.73 Å². The first-order valence-electron chi connectivity index (χ1n) is 5.42. The van der Waals surface area contributed by atoms with Crippen molar-refractivity contribution >= 4 is 31.6 Å². The highest BCUT2D eigenvalue weighted by molar-refractivity contribution is 9.10. The third kappa shape index (κ3) is 2.81. The molecule has 94 valence electrons. The zero-order valence-corrected chi connectivity index (χ0v) is 12.0. The Balaban J connectivity index is 2.26. The van der Waals surface area contributed by atoms with Crippen molar-refractivity contribution in [3.05, 3.63) is 22.7 Å². The summed E-state index contributed by atoms with van der Waals surface area (Å²) < 4.78 is 26.5. The minimum Gasteiger partial charge on any atom is -0.398 e. The first kappa shape index (κ1) is 12.9. The van der Waals surface area contributed by atoms with Gasteiger partial charge in [0.15, 0.2) is 0 Å². The monoisotopic (exact) mass is 318 g/mol. The van der Waals surface area contributed by atoms with Crippen LogP contribution in [-0.2, 0) is 10.0 Å². The van der Waals surface area contributed by atoms with Gasteiger partial charge in [-0.2, -0.15) is 0 Å². The average molecular weight is 319 g/mol. The van der Waals surface area contributed by atoms with Crippen molar-refractivity contribution < 1.29 is 8.42 Å². The fraction of sp³-hybridized carbons (Fsp3) is 0.455. The molecule has 1 saturated carbocycles. The Kier molecular flexibility index (Phi) is 3.47. The van der Waals surface area contributed by atoms with E-state index in [4.69, 9.17) is 5.73 Å². The summed E-state index contributed by atoms with van der Waals surface area (Å²) in [7, 11) is -1.78. The van der Waals surface area contributed by atoms with E-state index in [2.05, 4.69) is 15.9 Å². The van der Waals surface area contributed by atoms with Crippen molar-refractivity contribution in [3.63, 3.8) is 0 Å². The van der Waals surface area contributed by atoms with Gasteiger partial charge in [-0.15, -0.1) is 0 Å². The lowest BCUT2D eigenvalue weighted by Crippen LogP contribution is -2.29. The summed E-state index contributed by atoms with van der Waals surface area (Å²) in [5, 5.41) is 0. The normalized spacial score (nSPS) is 16.4. The van der Waals surface area contributed by atoms with Crippen molar-refractivity contribution in [1.29, 1.82) is 0 Å². The van der Waals surface area contributed by atoms with E-state index in [1.807, 2.05) is 0 Å². The Hall–Kier alpha value is -0.590. The first-order valence-corrected chi connectivity index (χ1v) is 7.66. The van der Waals surface area contributed by atoms with Crippen LogP contribution in [0.4, 0.5) is 5.69 Å². The van der Waals surface area contributed by atoms with Gasteiger partial charge in [-0.05, 0) is 52.9 Å². The molecule has 1 aliphatic rings. The van der Waals surface area contributed by atoms with E-state index in [-0.39, 0.29) is 4.90 Å². The lowest BCUT2D eigenvalue weighted by atomic mass is 10.3. The molecule has 1 fully saturated rings.